The summed E-state index contributed by atoms with van der Waals surface area (Å²) in [6.45, 7) is 3.36. The minimum absolute atomic E-state index is 0.0147. The molecule has 1 fully saturated rings. The van der Waals surface area contributed by atoms with Crippen molar-refractivity contribution in [3.8, 4) is 0 Å². The molecule has 0 aliphatic carbocycles. The molecule has 0 spiro atoms. The summed E-state index contributed by atoms with van der Waals surface area (Å²) in [5.41, 5.74) is 0. The van der Waals surface area contributed by atoms with E-state index in [9.17, 15) is 13.2 Å². The lowest BCUT2D eigenvalue weighted by Crippen LogP contribution is -2.41. The second-order valence-electron chi connectivity index (χ2n) is 4.09. The van der Waals surface area contributed by atoms with Crippen LogP contribution in [0.25, 0.3) is 0 Å². The highest BCUT2D eigenvalue weighted by Gasteiger charge is 2.21. The average Bonchev–Trinajstić information content (AvgIpc) is 2.82. The van der Waals surface area contributed by atoms with Crippen molar-refractivity contribution in [3.63, 3.8) is 0 Å². The van der Waals surface area contributed by atoms with Crippen LogP contribution in [-0.2, 0) is 14.8 Å². The number of carbonyl (C=O) groups excluding carboxylic acids is 1. The van der Waals surface area contributed by atoms with Crippen molar-refractivity contribution in [2.24, 2.45) is 0 Å². The highest BCUT2D eigenvalue weighted by molar-refractivity contribution is 7.89. The van der Waals surface area contributed by atoms with Gasteiger partial charge in [0.1, 0.15) is 0 Å². The first-order valence-corrected chi connectivity index (χ1v) is 7.69. The Morgan fingerprint density at radius 1 is 1.41 bits per heavy atom. The van der Waals surface area contributed by atoms with Crippen LogP contribution in [0.2, 0.25) is 0 Å². The van der Waals surface area contributed by atoms with E-state index in [1.807, 2.05) is 0 Å². The van der Waals surface area contributed by atoms with Gasteiger partial charge < -0.3 is 10.6 Å². The van der Waals surface area contributed by atoms with Gasteiger partial charge in [0.15, 0.2) is 0 Å². The third kappa shape index (κ3) is 5.47. The number of carbonyl (C=O) groups is 1. The highest BCUT2D eigenvalue weighted by Crippen LogP contribution is 2.04. The molecule has 0 saturated carbocycles. The standard InChI is InChI=1S/C10H21N3O3S/c1-2-17(15,16)13-8-4-7-12-10(14)9-5-3-6-11-9/h9,11,13H,2-8H2,1H3,(H,12,14). The maximum atomic E-state index is 11.5. The largest absolute Gasteiger partial charge is 0.355 e. The smallest absolute Gasteiger partial charge is 0.237 e. The van der Waals surface area contributed by atoms with Crippen molar-refractivity contribution in [2.45, 2.75) is 32.2 Å². The lowest BCUT2D eigenvalue weighted by molar-refractivity contribution is -0.122. The van der Waals surface area contributed by atoms with Gasteiger partial charge in [-0.2, -0.15) is 0 Å². The number of rotatable bonds is 7. The van der Waals surface area contributed by atoms with Gasteiger partial charge in [0, 0.05) is 13.1 Å². The minimum atomic E-state index is -3.11. The third-order valence-electron chi connectivity index (χ3n) is 2.73. The van der Waals surface area contributed by atoms with Crippen molar-refractivity contribution in [1.82, 2.24) is 15.4 Å². The Hall–Kier alpha value is -0.660. The van der Waals surface area contributed by atoms with E-state index in [-0.39, 0.29) is 17.7 Å². The quantitative estimate of drug-likeness (QED) is 0.524. The van der Waals surface area contributed by atoms with Crippen molar-refractivity contribution in [3.05, 3.63) is 0 Å². The van der Waals surface area contributed by atoms with Crippen LogP contribution >= 0.6 is 0 Å². The normalized spacial score (nSPS) is 20.4. The summed E-state index contributed by atoms with van der Waals surface area (Å²) in [6, 6.07) is -0.0673. The summed E-state index contributed by atoms with van der Waals surface area (Å²) in [5, 5.41) is 5.90. The molecule has 1 saturated heterocycles. The van der Waals surface area contributed by atoms with Gasteiger partial charge in [-0.3, -0.25) is 4.79 Å². The van der Waals surface area contributed by atoms with E-state index in [0.717, 1.165) is 19.4 Å². The van der Waals surface area contributed by atoms with Crippen LogP contribution in [0.4, 0.5) is 0 Å². The van der Waals surface area contributed by atoms with Crippen LogP contribution in [0.15, 0.2) is 0 Å². The number of hydrogen-bond acceptors (Lipinski definition) is 4. The van der Waals surface area contributed by atoms with Gasteiger partial charge in [-0.25, -0.2) is 13.1 Å². The molecule has 0 bridgehead atoms. The fourth-order valence-corrected chi connectivity index (χ4v) is 2.32. The van der Waals surface area contributed by atoms with Gasteiger partial charge >= 0.3 is 0 Å². The highest BCUT2D eigenvalue weighted by atomic mass is 32.2. The molecule has 6 nitrogen and oxygen atoms in total. The predicted molar refractivity (Wildman–Crippen MR) is 66.1 cm³/mol. The molecule has 1 rings (SSSR count). The molecule has 100 valence electrons. The minimum Gasteiger partial charge on any atom is -0.355 e. The maximum absolute atomic E-state index is 11.5. The summed E-state index contributed by atoms with van der Waals surface area (Å²) >= 11 is 0. The molecule has 1 aliphatic heterocycles. The lowest BCUT2D eigenvalue weighted by atomic mass is 10.2. The van der Waals surface area contributed by atoms with Crippen LogP contribution in [0.3, 0.4) is 0 Å². The molecule has 1 heterocycles. The third-order valence-corrected chi connectivity index (χ3v) is 4.14. The molecular formula is C10H21N3O3S. The summed E-state index contributed by atoms with van der Waals surface area (Å²) in [6.07, 6.45) is 2.53. The van der Waals surface area contributed by atoms with Gasteiger partial charge in [-0.1, -0.05) is 0 Å². The number of hydrogen-bond donors (Lipinski definition) is 3. The first-order valence-electron chi connectivity index (χ1n) is 6.03. The Morgan fingerprint density at radius 2 is 2.18 bits per heavy atom. The Labute approximate surface area is 103 Å². The van der Waals surface area contributed by atoms with Crippen LogP contribution < -0.4 is 15.4 Å². The fraction of sp³-hybridized carbons (Fsp3) is 0.900. The van der Waals surface area contributed by atoms with Crippen LogP contribution in [0.1, 0.15) is 26.2 Å². The van der Waals surface area contributed by atoms with E-state index < -0.39 is 10.0 Å². The Morgan fingerprint density at radius 3 is 2.76 bits per heavy atom. The molecule has 7 heteroatoms. The van der Waals surface area contributed by atoms with Gasteiger partial charge in [-0.15, -0.1) is 0 Å². The first kappa shape index (κ1) is 14.4. The Kier molecular flexibility index (Phi) is 5.87. The van der Waals surface area contributed by atoms with Crippen molar-refractivity contribution >= 4 is 15.9 Å². The first-order chi connectivity index (χ1) is 8.05. The maximum Gasteiger partial charge on any atom is 0.237 e. The Bertz CT molecular complexity index is 337. The summed E-state index contributed by atoms with van der Waals surface area (Å²) in [7, 11) is -3.11. The van der Waals surface area contributed by atoms with Gasteiger partial charge in [0.25, 0.3) is 0 Å². The molecule has 1 unspecified atom stereocenters. The molecule has 1 atom stereocenters. The van der Waals surface area contributed by atoms with E-state index in [1.54, 1.807) is 6.92 Å². The molecule has 1 amide bonds. The topological polar surface area (TPSA) is 87.3 Å². The molecule has 0 aromatic carbocycles. The zero-order chi connectivity index (χ0) is 12.7. The van der Waals surface area contributed by atoms with Gasteiger partial charge in [0.05, 0.1) is 11.8 Å². The van der Waals surface area contributed by atoms with Gasteiger partial charge in [-0.05, 0) is 32.7 Å². The molecule has 0 aromatic heterocycles. The number of amides is 1. The number of nitrogens with one attached hydrogen (secondary N) is 3. The molecule has 17 heavy (non-hydrogen) atoms. The molecule has 3 N–H and O–H groups in total. The monoisotopic (exact) mass is 263 g/mol. The molecule has 1 aliphatic rings. The van der Waals surface area contributed by atoms with Crippen molar-refractivity contribution in [1.29, 1.82) is 0 Å². The average molecular weight is 263 g/mol. The second kappa shape index (κ2) is 6.93. The SMILES string of the molecule is CCS(=O)(=O)NCCCNC(=O)C1CCCN1. The van der Waals surface area contributed by atoms with E-state index in [0.29, 0.717) is 19.5 Å². The van der Waals surface area contributed by atoms with E-state index in [4.69, 9.17) is 0 Å². The zero-order valence-corrected chi connectivity index (χ0v) is 11.0. The van der Waals surface area contributed by atoms with Crippen LogP contribution in [0, 0.1) is 0 Å². The van der Waals surface area contributed by atoms with Crippen molar-refractivity contribution in [2.75, 3.05) is 25.4 Å². The Balaban J connectivity index is 2.06. The molecule has 0 aromatic rings. The predicted octanol–water partition coefficient (Wildman–Crippen LogP) is -0.816. The van der Waals surface area contributed by atoms with E-state index in [2.05, 4.69) is 15.4 Å². The van der Waals surface area contributed by atoms with E-state index in [1.165, 1.54) is 0 Å². The number of sulfonamides is 1. The van der Waals surface area contributed by atoms with Crippen LogP contribution in [0.5, 0.6) is 0 Å². The van der Waals surface area contributed by atoms with Gasteiger partial charge in [0.2, 0.25) is 15.9 Å². The summed E-state index contributed by atoms with van der Waals surface area (Å²) < 4.78 is 24.7. The molecule has 0 radical (unpaired) electrons. The fourth-order valence-electron chi connectivity index (χ4n) is 1.66. The van der Waals surface area contributed by atoms with Crippen molar-refractivity contribution < 1.29 is 13.2 Å². The summed E-state index contributed by atoms with van der Waals surface area (Å²) in [5.74, 6) is 0.103. The van der Waals surface area contributed by atoms with E-state index >= 15 is 0 Å². The zero-order valence-electron chi connectivity index (χ0n) is 10.2. The molecular weight excluding hydrogens is 242 g/mol. The second-order valence-corrected chi connectivity index (χ2v) is 6.19. The summed E-state index contributed by atoms with van der Waals surface area (Å²) in [4.78, 5) is 11.5. The van der Waals surface area contributed by atoms with Crippen LogP contribution in [-0.4, -0.2) is 45.8 Å². The lowest BCUT2D eigenvalue weighted by Gasteiger charge is -2.11.